The molecule has 9 nitrogen and oxygen atoms in total. The number of nitrogens with zero attached hydrogens (tertiary/aromatic N) is 4. The maximum absolute atomic E-state index is 12.4. The van der Waals surface area contributed by atoms with E-state index in [0.717, 1.165) is 17.3 Å². The number of para-hydroxylation sites is 1. The summed E-state index contributed by atoms with van der Waals surface area (Å²) in [7, 11) is -2.31. The Balaban J connectivity index is 1.83. The van der Waals surface area contributed by atoms with E-state index in [1.54, 1.807) is 30.2 Å². The maximum atomic E-state index is 12.4. The number of nitro groups is 1. The van der Waals surface area contributed by atoms with Crippen molar-refractivity contribution < 1.29 is 13.3 Å². The van der Waals surface area contributed by atoms with Gasteiger partial charge in [-0.1, -0.05) is 12.1 Å². The minimum Gasteiger partial charge on any atom is -0.268 e. The maximum Gasteiger partial charge on any atom is 0.289 e. The largest absolute Gasteiger partial charge is 0.289 e. The predicted molar refractivity (Wildman–Crippen MR) is 93.6 cm³/mol. The molecule has 3 rings (SSSR count). The first-order valence-corrected chi connectivity index (χ1v) is 9.03. The number of sulfonamides is 1. The van der Waals surface area contributed by atoms with E-state index in [0.29, 0.717) is 5.69 Å². The molecule has 0 atom stereocenters. The molecule has 1 aromatic carbocycles. The van der Waals surface area contributed by atoms with Crippen molar-refractivity contribution in [3.8, 4) is 11.3 Å². The molecule has 0 bridgehead atoms. The van der Waals surface area contributed by atoms with E-state index in [4.69, 9.17) is 0 Å². The summed E-state index contributed by atoms with van der Waals surface area (Å²) in [4.78, 5) is 13.9. The van der Waals surface area contributed by atoms with Crippen LogP contribution in [0.3, 0.4) is 0 Å². The molecule has 0 radical (unpaired) electrons. The average Bonchev–Trinajstić information content (AvgIpc) is 3.01. The quantitative estimate of drug-likeness (QED) is 0.520. The summed E-state index contributed by atoms with van der Waals surface area (Å²) >= 11 is 0. The minimum absolute atomic E-state index is 0.0900. The zero-order valence-electron chi connectivity index (χ0n) is 13.7. The van der Waals surface area contributed by atoms with Gasteiger partial charge in [0.05, 0.1) is 22.9 Å². The first-order chi connectivity index (χ1) is 12.4. The smallest absolute Gasteiger partial charge is 0.268 e. The fraction of sp³-hybridized carbons (Fsp3) is 0.125. The van der Waals surface area contributed by atoms with E-state index >= 15 is 0 Å². The Kier molecular flexibility index (Phi) is 4.78. The summed E-state index contributed by atoms with van der Waals surface area (Å²) in [6, 6.07) is 10.6. The van der Waals surface area contributed by atoms with Gasteiger partial charge in [-0.3, -0.25) is 19.8 Å². The van der Waals surface area contributed by atoms with Gasteiger partial charge in [0.1, 0.15) is 0 Å². The summed E-state index contributed by atoms with van der Waals surface area (Å²) in [5, 5.41) is 15.3. The molecule has 0 aliphatic heterocycles. The van der Waals surface area contributed by atoms with E-state index < -0.39 is 20.6 Å². The molecule has 26 heavy (non-hydrogen) atoms. The normalized spacial score (nSPS) is 11.4. The van der Waals surface area contributed by atoms with Crippen LogP contribution in [0, 0.1) is 10.1 Å². The van der Waals surface area contributed by atoms with Crippen LogP contribution in [0.1, 0.15) is 5.69 Å². The third-order valence-corrected chi connectivity index (χ3v) is 5.15. The molecule has 0 spiro atoms. The van der Waals surface area contributed by atoms with Crippen molar-refractivity contribution in [2.75, 3.05) is 0 Å². The molecule has 2 aromatic heterocycles. The highest BCUT2D eigenvalue weighted by atomic mass is 32.2. The number of aryl methyl sites for hydroxylation is 1. The lowest BCUT2D eigenvalue weighted by Gasteiger charge is -2.05. The van der Waals surface area contributed by atoms with E-state index in [2.05, 4.69) is 14.8 Å². The highest BCUT2D eigenvalue weighted by Gasteiger charge is 2.25. The van der Waals surface area contributed by atoms with Gasteiger partial charge < -0.3 is 0 Å². The third kappa shape index (κ3) is 3.60. The van der Waals surface area contributed by atoms with Crippen molar-refractivity contribution in [3.05, 3.63) is 70.7 Å². The Morgan fingerprint density at radius 1 is 1.19 bits per heavy atom. The zero-order chi connectivity index (χ0) is 18.7. The summed E-state index contributed by atoms with van der Waals surface area (Å²) in [6.07, 6.45) is 3.30. The highest BCUT2D eigenvalue weighted by molar-refractivity contribution is 7.89. The Morgan fingerprint density at radius 3 is 2.58 bits per heavy atom. The molecule has 134 valence electrons. The van der Waals surface area contributed by atoms with E-state index in [-0.39, 0.29) is 11.4 Å². The second-order valence-corrected chi connectivity index (χ2v) is 7.17. The molecule has 1 N–H and O–H groups in total. The lowest BCUT2D eigenvalue weighted by atomic mass is 10.2. The first kappa shape index (κ1) is 17.7. The van der Waals surface area contributed by atoms with Crippen LogP contribution >= 0.6 is 0 Å². The van der Waals surface area contributed by atoms with E-state index in [9.17, 15) is 18.5 Å². The van der Waals surface area contributed by atoms with Gasteiger partial charge in [-0.05, 0) is 24.3 Å². The zero-order valence-corrected chi connectivity index (χ0v) is 14.5. The Hall–Kier alpha value is -3.11. The topological polar surface area (TPSA) is 120 Å². The molecule has 0 fully saturated rings. The molecule has 10 heteroatoms. The van der Waals surface area contributed by atoms with Crippen LogP contribution in [-0.4, -0.2) is 28.1 Å². The van der Waals surface area contributed by atoms with Gasteiger partial charge in [-0.15, -0.1) is 0 Å². The third-order valence-electron chi connectivity index (χ3n) is 3.70. The van der Waals surface area contributed by atoms with Crippen molar-refractivity contribution in [2.45, 2.75) is 11.4 Å². The summed E-state index contributed by atoms with van der Waals surface area (Å²) in [5.41, 5.74) is 1.70. The molecule has 0 saturated carbocycles. The SMILES string of the molecule is Cn1nc(CNS(=O)(=O)c2ccccc2[N+](=O)[O-])cc1-c1ccncc1. The Morgan fingerprint density at radius 2 is 1.88 bits per heavy atom. The fourth-order valence-corrected chi connectivity index (χ4v) is 3.66. The number of nitro benzene ring substituents is 1. The van der Waals surface area contributed by atoms with Gasteiger partial charge in [-0.2, -0.15) is 5.10 Å². The molecule has 3 aromatic rings. The van der Waals surface area contributed by atoms with Gasteiger partial charge >= 0.3 is 0 Å². The summed E-state index contributed by atoms with van der Waals surface area (Å²) < 4.78 is 28.9. The van der Waals surface area contributed by atoms with Crippen LogP contribution in [0.25, 0.3) is 11.3 Å². The van der Waals surface area contributed by atoms with Crippen molar-refractivity contribution >= 4 is 15.7 Å². The molecule has 0 aliphatic rings. The van der Waals surface area contributed by atoms with Crippen molar-refractivity contribution in [1.82, 2.24) is 19.5 Å². The monoisotopic (exact) mass is 373 g/mol. The van der Waals surface area contributed by atoms with E-state index in [1.165, 1.54) is 18.2 Å². The number of hydrogen-bond donors (Lipinski definition) is 1. The fourth-order valence-electron chi connectivity index (χ4n) is 2.49. The number of rotatable bonds is 6. The summed E-state index contributed by atoms with van der Waals surface area (Å²) in [6.45, 7) is -0.0900. The number of hydrogen-bond acceptors (Lipinski definition) is 6. The first-order valence-electron chi connectivity index (χ1n) is 7.55. The lowest BCUT2D eigenvalue weighted by molar-refractivity contribution is -0.387. The molecule has 0 saturated heterocycles. The van der Waals surface area contributed by atoms with Gasteiger partial charge in [-0.25, -0.2) is 13.1 Å². The number of pyridine rings is 1. The second kappa shape index (κ2) is 7.02. The molecule has 0 unspecified atom stereocenters. The van der Waals surface area contributed by atoms with Crippen molar-refractivity contribution in [1.29, 1.82) is 0 Å². The average molecular weight is 373 g/mol. The molecular weight excluding hydrogens is 358 g/mol. The van der Waals surface area contributed by atoms with Gasteiger partial charge in [0.25, 0.3) is 5.69 Å². The van der Waals surface area contributed by atoms with Crippen molar-refractivity contribution in [2.24, 2.45) is 7.05 Å². The Bertz CT molecular complexity index is 1050. The molecule has 2 heterocycles. The molecule has 0 aliphatic carbocycles. The van der Waals surface area contributed by atoms with Crippen molar-refractivity contribution in [3.63, 3.8) is 0 Å². The van der Waals surface area contributed by atoms with Crippen LogP contribution in [0.15, 0.2) is 59.8 Å². The minimum atomic E-state index is -4.05. The standard InChI is InChI=1S/C16H15N5O4S/c1-20-15(12-6-8-17-9-7-12)10-13(19-20)11-18-26(24,25)16-5-3-2-4-14(16)21(22)23/h2-10,18H,11H2,1H3. The number of nitrogens with one attached hydrogen (secondary N) is 1. The molecular formula is C16H15N5O4S. The van der Waals surface area contributed by atoms with Gasteiger partial charge in [0, 0.05) is 31.1 Å². The Labute approximate surface area is 149 Å². The second-order valence-electron chi connectivity index (χ2n) is 5.43. The van der Waals surface area contributed by atoms with E-state index in [1.807, 2.05) is 12.1 Å². The van der Waals surface area contributed by atoms with Crippen LogP contribution in [0.4, 0.5) is 5.69 Å². The summed E-state index contributed by atoms with van der Waals surface area (Å²) in [5.74, 6) is 0. The van der Waals surface area contributed by atoms with Gasteiger partial charge in [0.2, 0.25) is 10.0 Å². The van der Waals surface area contributed by atoms with Crippen LogP contribution in [0.5, 0.6) is 0 Å². The lowest BCUT2D eigenvalue weighted by Crippen LogP contribution is -2.24. The van der Waals surface area contributed by atoms with Crippen LogP contribution < -0.4 is 4.72 Å². The van der Waals surface area contributed by atoms with Gasteiger partial charge in [0.15, 0.2) is 4.90 Å². The number of aromatic nitrogens is 3. The van der Waals surface area contributed by atoms with Crippen LogP contribution in [-0.2, 0) is 23.6 Å². The number of benzene rings is 1. The highest BCUT2D eigenvalue weighted by Crippen LogP contribution is 2.23. The predicted octanol–water partition coefficient (Wildman–Crippen LogP) is 1.87. The molecule has 0 amide bonds. The van der Waals surface area contributed by atoms with Crippen LogP contribution in [0.2, 0.25) is 0 Å².